The maximum absolute atomic E-state index is 10.9. The van der Waals surface area contributed by atoms with Crippen LogP contribution < -0.4 is 0 Å². The van der Waals surface area contributed by atoms with E-state index in [0.29, 0.717) is 5.03 Å². The van der Waals surface area contributed by atoms with Crippen LogP contribution in [0.3, 0.4) is 0 Å². The summed E-state index contributed by atoms with van der Waals surface area (Å²) < 4.78 is 0. The highest BCUT2D eigenvalue weighted by Crippen LogP contribution is 2.09. The largest absolute Gasteiger partial charge is 0.330 e. The zero-order valence-corrected chi connectivity index (χ0v) is 6.73. The Morgan fingerprint density at radius 2 is 2.27 bits per heavy atom. The number of rotatable bonds is 2. The molecule has 1 aliphatic rings. The van der Waals surface area contributed by atoms with Crippen LogP contribution in [0, 0.1) is 0 Å². The quantitative estimate of drug-likeness (QED) is 0.572. The minimum Gasteiger partial charge on any atom is -0.330 e. The number of nitrogens with zero attached hydrogens (tertiary/aromatic N) is 1. The molecule has 1 amide bonds. The Kier molecular flexibility index (Phi) is 2.29. The van der Waals surface area contributed by atoms with E-state index in [1.165, 1.54) is 4.90 Å². The molecule has 11 heavy (non-hydrogen) atoms. The van der Waals surface area contributed by atoms with Crippen LogP contribution in [0.25, 0.3) is 0 Å². The number of hydrogen-bond acceptors (Lipinski definition) is 2. The van der Waals surface area contributed by atoms with Gasteiger partial charge in [-0.05, 0) is 0 Å². The van der Waals surface area contributed by atoms with Gasteiger partial charge in [0.15, 0.2) is 5.78 Å². The number of Topliss-reactive ketones (excluding diaryl/α,β-unsaturated/α-hetero) is 1. The first-order chi connectivity index (χ1) is 5.09. The van der Waals surface area contributed by atoms with Crippen LogP contribution in [0.4, 0.5) is 0 Å². The third-order valence-corrected chi connectivity index (χ3v) is 1.55. The molecule has 60 valence electrons. The van der Waals surface area contributed by atoms with Crippen molar-refractivity contribution in [3.05, 3.63) is 11.6 Å². The van der Waals surface area contributed by atoms with Gasteiger partial charge in [-0.15, -0.1) is 0 Å². The molecule has 0 aromatic rings. The average molecular weight is 174 g/mol. The summed E-state index contributed by atoms with van der Waals surface area (Å²) in [6, 6.07) is 0. The lowest BCUT2D eigenvalue weighted by molar-refractivity contribution is -0.127. The van der Waals surface area contributed by atoms with E-state index in [9.17, 15) is 9.59 Å². The van der Waals surface area contributed by atoms with E-state index in [0.717, 1.165) is 0 Å². The Hall–Kier alpha value is -0.830. The van der Waals surface area contributed by atoms with Crippen molar-refractivity contribution < 1.29 is 9.59 Å². The van der Waals surface area contributed by atoms with Crippen molar-refractivity contribution >= 4 is 23.3 Å². The minimum atomic E-state index is -0.156. The summed E-state index contributed by atoms with van der Waals surface area (Å²) >= 11 is 5.47. The second kappa shape index (κ2) is 3.05. The molecule has 0 N–H and O–H groups in total. The molecule has 0 aliphatic carbocycles. The van der Waals surface area contributed by atoms with Crippen molar-refractivity contribution in [2.24, 2.45) is 0 Å². The molecule has 0 aromatic heterocycles. The maximum Gasteiger partial charge on any atom is 0.230 e. The fraction of sp³-hybridized carbons (Fsp3) is 0.429. The predicted octanol–water partition coefficient (Wildman–Crippen LogP) is 0.540. The molecule has 1 aliphatic heterocycles. The lowest BCUT2D eigenvalue weighted by Crippen LogP contribution is -2.26. The third kappa shape index (κ3) is 2.05. The van der Waals surface area contributed by atoms with Gasteiger partial charge in [-0.25, -0.2) is 0 Å². The molecule has 1 heterocycles. The van der Waals surface area contributed by atoms with Gasteiger partial charge in [0.05, 0.1) is 19.5 Å². The number of likely N-dealkylation sites (tertiary alicyclic amines) is 1. The van der Waals surface area contributed by atoms with Gasteiger partial charge in [0.25, 0.3) is 0 Å². The van der Waals surface area contributed by atoms with E-state index in [1.807, 2.05) is 0 Å². The van der Waals surface area contributed by atoms with Crippen LogP contribution in [-0.2, 0) is 9.59 Å². The first-order valence-corrected chi connectivity index (χ1v) is 3.60. The van der Waals surface area contributed by atoms with Crippen molar-refractivity contribution in [1.82, 2.24) is 4.90 Å². The zero-order valence-electron chi connectivity index (χ0n) is 5.97. The first-order valence-electron chi connectivity index (χ1n) is 3.22. The van der Waals surface area contributed by atoms with Crippen molar-refractivity contribution in [2.75, 3.05) is 13.1 Å². The molecule has 0 atom stereocenters. The number of amides is 1. The van der Waals surface area contributed by atoms with Crippen molar-refractivity contribution in [1.29, 1.82) is 0 Å². The van der Waals surface area contributed by atoms with Crippen LogP contribution in [0.2, 0.25) is 0 Å². The molecule has 1 fully saturated rings. The molecule has 0 bridgehead atoms. The molecule has 0 spiro atoms. The van der Waals surface area contributed by atoms with Crippen molar-refractivity contribution in [3.8, 4) is 0 Å². The van der Waals surface area contributed by atoms with Gasteiger partial charge in [0.2, 0.25) is 5.91 Å². The van der Waals surface area contributed by atoms with E-state index >= 15 is 0 Å². The fourth-order valence-corrected chi connectivity index (χ4v) is 1.13. The van der Waals surface area contributed by atoms with Crippen LogP contribution in [0.1, 0.15) is 6.42 Å². The number of carbonyl (C=O) groups excluding carboxylic acids is 2. The van der Waals surface area contributed by atoms with Crippen molar-refractivity contribution in [2.45, 2.75) is 6.42 Å². The number of ketones is 1. The smallest absolute Gasteiger partial charge is 0.230 e. The number of carbonyl (C=O) groups is 2. The monoisotopic (exact) mass is 173 g/mol. The Morgan fingerprint density at radius 3 is 2.64 bits per heavy atom. The zero-order chi connectivity index (χ0) is 8.43. The molecular weight excluding hydrogens is 166 g/mol. The SMILES string of the molecule is C=C(Cl)CN1CC(=O)CC1=O. The number of hydrogen-bond donors (Lipinski definition) is 0. The Morgan fingerprint density at radius 1 is 1.64 bits per heavy atom. The fourth-order valence-electron chi connectivity index (χ4n) is 0.989. The van der Waals surface area contributed by atoms with E-state index in [-0.39, 0.29) is 31.2 Å². The molecule has 0 radical (unpaired) electrons. The minimum absolute atomic E-state index is 0.0180. The summed E-state index contributed by atoms with van der Waals surface area (Å²) in [5.74, 6) is -0.204. The molecule has 1 saturated heterocycles. The normalized spacial score (nSPS) is 17.7. The van der Waals surface area contributed by atoms with E-state index in [2.05, 4.69) is 6.58 Å². The highest BCUT2D eigenvalue weighted by molar-refractivity contribution is 6.29. The topological polar surface area (TPSA) is 37.4 Å². The van der Waals surface area contributed by atoms with Gasteiger partial charge in [-0.2, -0.15) is 0 Å². The average Bonchev–Trinajstić information content (AvgIpc) is 2.09. The molecular formula is C7H8ClNO2. The third-order valence-electron chi connectivity index (χ3n) is 1.43. The van der Waals surface area contributed by atoms with E-state index in [1.54, 1.807) is 0 Å². The molecule has 3 nitrogen and oxygen atoms in total. The van der Waals surface area contributed by atoms with Crippen LogP contribution >= 0.6 is 11.6 Å². The van der Waals surface area contributed by atoms with Gasteiger partial charge >= 0.3 is 0 Å². The lowest BCUT2D eigenvalue weighted by atomic mass is 10.3. The summed E-state index contributed by atoms with van der Waals surface area (Å²) in [6.07, 6.45) is 0.0180. The second-order valence-electron chi connectivity index (χ2n) is 2.48. The highest BCUT2D eigenvalue weighted by atomic mass is 35.5. The van der Waals surface area contributed by atoms with Gasteiger partial charge in [0, 0.05) is 5.03 Å². The Balaban J connectivity index is 2.53. The maximum atomic E-state index is 10.9. The Bertz CT molecular complexity index is 224. The molecule has 0 unspecified atom stereocenters. The van der Waals surface area contributed by atoms with Crippen LogP contribution in [-0.4, -0.2) is 29.7 Å². The molecule has 0 aromatic carbocycles. The van der Waals surface area contributed by atoms with Gasteiger partial charge in [0.1, 0.15) is 0 Å². The molecule has 4 heteroatoms. The van der Waals surface area contributed by atoms with E-state index < -0.39 is 0 Å². The predicted molar refractivity (Wildman–Crippen MR) is 41.2 cm³/mol. The summed E-state index contributed by atoms with van der Waals surface area (Å²) in [5, 5.41) is 0.382. The number of halogens is 1. The van der Waals surface area contributed by atoms with Gasteiger partial charge < -0.3 is 4.90 Å². The first kappa shape index (κ1) is 8.27. The lowest BCUT2D eigenvalue weighted by Gasteiger charge is -2.12. The molecule has 0 saturated carbocycles. The highest BCUT2D eigenvalue weighted by Gasteiger charge is 2.26. The second-order valence-corrected chi connectivity index (χ2v) is 3.02. The summed E-state index contributed by atoms with van der Waals surface area (Å²) in [7, 11) is 0. The standard InChI is InChI=1S/C7H8ClNO2/c1-5(8)3-9-4-6(10)2-7(9)11/h1-4H2. The molecule has 1 rings (SSSR count). The van der Waals surface area contributed by atoms with Gasteiger partial charge in [-0.1, -0.05) is 18.2 Å². The summed E-state index contributed by atoms with van der Waals surface area (Å²) in [4.78, 5) is 23.0. The van der Waals surface area contributed by atoms with Crippen LogP contribution in [0.5, 0.6) is 0 Å². The van der Waals surface area contributed by atoms with Gasteiger partial charge in [-0.3, -0.25) is 9.59 Å². The summed E-state index contributed by atoms with van der Waals surface area (Å²) in [5.41, 5.74) is 0. The summed E-state index contributed by atoms with van der Waals surface area (Å²) in [6.45, 7) is 3.91. The van der Waals surface area contributed by atoms with Crippen LogP contribution in [0.15, 0.2) is 11.6 Å². The van der Waals surface area contributed by atoms with Crippen molar-refractivity contribution in [3.63, 3.8) is 0 Å². The van der Waals surface area contributed by atoms with E-state index in [4.69, 9.17) is 11.6 Å². The Labute approximate surface area is 69.6 Å².